The second kappa shape index (κ2) is 8.86. The van der Waals surface area contributed by atoms with E-state index in [9.17, 15) is 14.0 Å². The molecule has 6 unspecified atom stereocenters. The zero-order chi connectivity index (χ0) is 19.6. The lowest BCUT2D eigenvalue weighted by molar-refractivity contribution is -0.129. The van der Waals surface area contributed by atoms with E-state index in [4.69, 9.17) is 0 Å². The molecule has 0 spiro atoms. The minimum Gasteiger partial charge on any atom is -0.351 e. The van der Waals surface area contributed by atoms with Gasteiger partial charge in [0.25, 0.3) is 0 Å². The smallest absolute Gasteiger partial charge is 0.237 e. The lowest BCUT2D eigenvalue weighted by Gasteiger charge is -2.34. The zero-order valence-corrected chi connectivity index (χ0v) is 16.9. The molecular formula is C20H35FN4O2. The summed E-state index contributed by atoms with van der Waals surface area (Å²) < 4.78 is 14.3. The first-order valence-corrected chi connectivity index (χ1v) is 10.5. The van der Waals surface area contributed by atoms with Crippen LogP contribution in [0.15, 0.2) is 0 Å². The van der Waals surface area contributed by atoms with Crippen LogP contribution < -0.4 is 10.6 Å². The summed E-state index contributed by atoms with van der Waals surface area (Å²) in [5, 5.41) is 6.59. The van der Waals surface area contributed by atoms with Gasteiger partial charge < -0.3 is 20.4 Å². The van der Waals surface area contributed by atoms with Gasteiger partial charge in [0.15, 0.2) is 0 Å². The number of rotatable bonds is 5. The van der Waals surface area contributed by atoms with Crippen LogP contribution in [0.1, 0.15) is 45.4 Å². The monoisotopic (exact) mass is 382 g/mol. The Kier molecular flexibility index (Phi) is 6.74. The van der Waals surface area contributed by atoms with Gasteiger partial charge in [-0.2, -0.15) is 0 Å². The maximum Gasteiger partial charge on any atom is 0.237 e. The summed E-state index contributed by atoms with van der Waals surface area (Å²) in [7, 11) is 3.55. The van der Waals surface area contributed by atoms with Gasteiger partial charge in [-0.15, -0.1) is 0 Å². The Morgan fingerprint density at radius 1 is 1.26 bits per heavy atom. The van der Waals surface area contributed by atoms with E-state index in [0.29, 0.717) is 25.2 Å². The van der Waals surface area contributed by atoms with Gasteiger partial charge in [0.1, 0.15) is 6.17 Å². The van der Waals surface area contributed by atoms with Crippen molar-refractivity contribution in [3.8, 4) is 0 Å². The number of amides is 2. The largest absolute Gasteiger partial charge is 0.351 e. The Morgan fingerprint density at radius 3 is 2.74 bits per heavy atom. The lowest BCUT2D eigenvalue weighted by atomic mass is 9.77. The summed E-state index contributed by atoms with van der Waals surface area (Å²) in [5.41, 5.74) is 0. The highest BCUT2D eigenvalue weighted by Gasteiger charge is 2.46. The molecule has 27 heavy (non-hydrogen) atoms. The predicted molar refractivity (Wildman–Crippen MR) is 103 cm³/mol. The molecule has 1 saturated carbocycles. The van der Waals surface area contributed by atoms with Crippen LogP contribution >= 0.6 is 0 Å². The number of likely N-dealkylation sites (tertiary alicyclic amines) is 1. The number of nitrogens with zero attached hydrogens (tertiary/aromatic N) is 2. The van der Waals surface area contributed by atoms with E-state index in [0.717, 1.165) is 38.9 Å². The summed E-state index contributed by atoms with van der Waals surface area (Å²) >= 11 is 0. The second-order valence-corrected chi connectivity index (χ2v) is 8.90. The number of hydrogen-bond donors (Lipinski definition) is 2. The van der Waals surface area contributed by atoms with Gasteiger partial charge in [-0.1, -0.05) is 6.92 Å². The van der Waals surface area contributed by atoms with Crippen LogP contribution in [0.3, 0.4) is 0 Å². The molecule has 154 valence electrons. The number of piperidine rings is 1. The Bertz CT molecular complexity index is 526. The average Bonchev–Trinajstić information content (AvgIpc) is 3.10. The van der Waals surface area contributed by atoms with Crippen LogP contribution in [0.5, 0.6) is 0 Å². The first kappa shape index (κ1) is 20.5. The third-order valence-corrected chi connectivity index (χ3v) is 6.65. The van der Waals surface area contributed by atoms with Crippen molar-refractivity contribution in [3.63, 3.8) is 0 Å². The predicted octanol–water partition coefficient (Wildman–Crippen LogP) is 1.16. The summed E-state index contributed by atoms with van der Waals surface area (Å²) in [6.45, 7) is 4.65. The molecule has 1 aliphatic carbocycles. The number of hydrogen-bond acceptors (Lipinski definition) is 4. The van der Waals surface area contributed by atoms with Crippen LogP contribution in [-0.4, -0.2) is 79.6 Å². The van der Waals surface area contributed by atoms with Crippen molar-refractivity contribution in [2.45, 2.75) is 69.7 Å². The third-order valence-electron chi connectivity index (χ3n) is 6.65. The van der Waals surface area contributed by atoms with Crippen LogP contribution in [0, 0.1) is 11.8 Å². The quantitative estimate of drug-likeness (QED) is 0.749. The van der Waals surface area contributed by atoms with Crippen molar-refractivity contribution < 1.29 is 14.0 Å². The van der Waals surface area contributed by atoms with Gasteiger partial charge in [-0.25, -0.2) is 4.39 Å². The molecule has 7 heteroatoms. The van der Waals surface area contributed by atoms with Crippen molar-refractivity contribution >= 4 is 11.8 Å². The van der Waals surface area contributed by atoms with E-state index in [1.807, 2.05) is 0 Å². The Hall–Kier alpha value is -1.21. The van der Waals surface area contributed by atoms with Crippen molar-refractivity contribution in [1.82, 2.24) is 20.4 Å². The van der Waals surface area contributed by atoms with E-state index in [1.54, 1.807) is 19.0 Å². The molecule has 0 radical (unpaired) electrons. The van der Waals surface area contributed by atoms with E-state index >= 15 is 0 Å². The van der Waals surface area contributed by atoms with Gasteiger partial charge in [0.2, 0.25) is 11.8 Å². The van der Waals surface area contributed by atoms with E-state index in [2.05, 4.69) is 22.5 Å². The van der Waals surface area contributed by atoms with Gasteiger partial charge in [-0.3, -0.25) is 9.59 Å². The van der Waals surface area contributed by atoms with Gasteiger partial charge in [0.05, 0.1) is 6.04 Å². The molecule has 2 saturated heterocycles. The van der Waals surface area contributed by atoms with Crippen LogP contribution in [0.25, 0.3) is 0 Å². The highest BCUT2D eigenvalue weighted by atomic mass is 19.1. The third kappa shape index (κ3) is 4.99. The molecule has 2 amide bonds. The molecule has 3 fully saturated rings. The maximum absolute atomic E-state index is 14.3. The SMILES string of the molecule is CC1CCC(F)C2CC(C(=O)NC3CCCN(CCC(=O)N(C)C)C3)NC12. The number of carbonyl (C=O) groups excluding carboxylic acids is 2. The second-order valence-electron chi connectivity index (χ2n) is 8.90. The summed E-state index contributed by atoms with van der Waals surface area (Å²) in [4.78, 5) is 28.4. The lowest BCUT2D eigenvalue weighted by Crippen LogP contribution is -2.53. The molecule has 6 nitrogen and oxygen atoms in total. The molecule has 0 aromatic heterocycles. The highest BCUT2D eigenvalue weighted by molar-refractivity contribution is 5.82. The van der Waals surface area contributed by atoms with Crippen molar-refractivity contribution in [3.05, 3.63) is 0 Å². The molecule has 2 heterocycles. The van der Waals surface area contributed by atoms with Gasteiger partial charge >= 0.3 is 0 Å². The molecule has 3 rings (SSSR count). The van der Waals surface area contributed by atoms with Gasteiger partial charge in [0, 0.05) is 51.6 Å². The van der Waals surface area contributed by atoms with Crippen molar-refractivity contribution in [1.29, 1.82) is 0 Å². The van der Waals surface area contributed by atoms with Crippen LogP contribution in [-0.2, 0) is 9.59 Å². The fourth-order valence-electron chi connectivity index (χ4n) is 4.96. The standard InChI is InChI=1S/C20H35FN4O2/c1-13-6-7-16(21)15-11-17(23-19(13)15)20(27)22-14-5-4-9-25(12-14)10-8-18(26)24(2)3/h13-17,19,23H,4-12H2,1-3H3,(H,22,27). The fraction of sp³-hybridized carbons (Fsp3) is 0.900. The molecule has 3 aliphatic rings. The molecule has 0 bridgehead atoms. The fourth-order valence-corrected chi connectivity index (χ4v) is 4.96. The Balaban J connectivity index is 1.47. The Labute approximate surface area is 162 Å². The molecular weight excluding hydrogens is 347 g/mol. The topological polar surface area (TPSA) is 64.7 Å². The summed E-state index contributed by atoms with van der Waals surface area (Å²) in [5.74, 6) is 0.553. The van der Waals surface area contributed by atoms with Gasteiger partial charge in [-0.05, 0) is 44.6 Å². The van der Waals surface area contributed by atoms with E-state index in [1.165, 1.54) is 0 Å². The van der Waals surface area contributed by atoms with Crippen LogP contribution in [0.4, 0.5) is 4.39 Å². The van der Waals surface area contributed by atoms with Crippen molar-refractivity contribution in [2.24, 2.45) is 11.8 Å². The summed E-state index contributed by atoms with van der Waals surface area (Å²) in [6, 6.07) is -0.0300. The first-order chi connectivity index (χ1) is 12.8. The normalized spacial score (nSPS) is 36.9. The van der Waals surface area contributed by atoms with Crippen LogP contribution in [0.2, 0.25) is 0 Å². The molecule has 2 aliphatic heterocycles. The number of fused-ring (bicyclic) bond motifs is 1. The van der Waals surface area contributed by atoms with E-state index in [-0.39, 0.29) is 35.9 Å². The molecule has 6 atom stereocenters. The molecule has 0 aromatic rings. The highest BCUT2D eigenvalue weighted by Crippen LogP contribution is 2.38. The zero-order valence-electron chi connectivity index (χ0n) is 16.9. The maximum atomic E-state index is 14.3. The van der Waals surface area contributed by atoms with E-state index < -0.39 is 6.17 Å². The summed E-state index contributed by atoms with van der Waals surface area (Å²) in [6.07, 6.45) is 3.84. The molecule has 0 aromatic carbocycles. The average molecular weight is 383 g/mol. The first-order valence-electron chi connectivity index (χ1n) is 10.5. The van der Waals surface area contributed by atoms with Crippen molar-refractivity contribution in [2.75, 3.05) is 33.7 Å². The minimum atomic E-state index is -0.782. The number of nitrogens with one attached hydrogen (secondary N) is 2. The number of alkyl halides is 1. The minimum absolute atomic E-state index is 0.0139. The molecule has 2 N–H and O–H groups in total. The number of halogens is 1. The number of carbonyl (C=O) groups is 2. The Morgan fingerprint density at radius 2 is 2.04 bits per heavy atom.